The van der Waals surface area contributed by atoms with Gasteiger partial charge >= 0.3 is 6.03 Å². The molecule has 0 spiro atoms. The summed E-state index contributed by atoms with van der Waals surface area (Å²) in [4.78, 5) is 13.8. The molecule has 0 aliphatic carbocycles. The number of piperidine rings is 1. The van der Waals surface area contributed by atoms with Crippen LogP contribution in [0.4, 0.5) is 14.9 Å². The number of likely N-dealkylation sites (tertiary alicyclic amines) is 1. The summed E-state index contributed by atoms with van der Waals surface area (Å²) in [6.07, 6.45) is 1.50. The van der Waals surface area contributed by atoms with Crippen molar-refractivity contribution in [1.82, 2.24) is 4.90 Å². The molecule has 1 saturated heterocycles. The van der Waals surface area contributed by atoms with Crippen molar-refractivity contribution in [2.24, 2.45) is 0 Å². The minimum Gasteiger partial charge on any atom is -0.324 e. The topological polar surface area (TPSA) is 66.5 Å². The van der Waals surface area contributed by atoms with Crippen molar-refractivity contribution in [2.75, 3.05) is 24.2 Å². The van der Waals surface area contributed by atoms with Crippen LogP contribution >= 0.6 is 0 Å². The second-order valence-corrected chi connectivity index (χ2v) is 8.30. The van der Waals surface area contributed by atoms with E-state index in [1.54, 1.807) is 24.0 Å². The highest BCUT2D eigenvalue weighted by Gasteiger charge is 2.30. The summed E-state index contributed by atoms with van der Waals surface area (Å²) in [7, 11) is -3.05. The van der Waals surface area contributed by atoms with E-state index in [4.69, 9.17) is 0 Å². The average molecular weight is 342 g/mol. The number of benzene rings is 1. The fourth-order valence-electron chi connectivity index (χ4n) is 2.77. The number of halogens is 1. The number of nitrogens with zero attached hydrogens (tertiary/aromatic N) is 1. The molecule has 1 aromatic carbocycles. The lowest BCUT2D eigenvalue weighted by atomic mass is 10.1. The van der Waals surface area contributed by atoms with Crippen molar-refractivity contribution in [1.29, 1.82) is 0 Å². The number of carbonyl (C=O) groups excluding carboxylic acids is 1. The summed E-state index contributed by atoms with van der Waals surface area (Å²) >= 11 is 0. The molecular weight excluding hydrogens is 319 g/mol. The second-order valence-electron chi connectivity index (χ2n) is 5.73. The summed E-state index contributed by atoms with van der Waals surface area (Å²) in [5.41, 5.74) is 1.02. The average Bonchev–Trinajstić information content (AvgIpc) is 2.55. The van der Waals surface area contributed by atoms with Crippen LogP contribution < -0.4 is 5.32 Å². The first-order chi connectivity index (χ1) is 10.9. The van der Waals surface area contributed by atoms with Crippen LogP contribution in [-0.2, 0) is 16.3 Å². The van der Waals surface area contributed by atoms with Crippen LogP contribution in [0.2, 0.25) is 0 Å². The molecule has 1 heterocycles. The molecule has 1 N–H and O–H groups in total. The van der Waals surface area contributed by atoms with Gasteiger partial charge in [0.1, 0.15) is 5.82 Å². The van der Waals surface area contributed by atoms with Gasteiger partial charge in [0.25, 0.3) is 0 Å². The molecule has 23 heavy (non-hydrogen) atoms. The van der Waals surface area contributed by atoms with Crippen LogP contribution in [0.5, 0.6) is 0 Å². The predicted molar refractivity (Wildman–Crippen MR) is 88.9 cm³/mol. The molecule has 0 aromatic heterocycles. The number of carbonyl (C=O) groups is 1. The Morgan fingerprint density at radius 3 is 2.48 bits per heavy atom. The van der Waals surface area contributed by atoms with Crippen molar-refractivity contribution in [3.05, 3.63) is 29.6 Å². The second kappa shape index (κ2) is 7.29. The van der Waals surface area contributed by atoms with Crippen molar-refractivity contribution < 1.29 is 17.6 Å². The lowest BCUT2D eigenvalue weighted by Crippen LogP contribution is -2.44. The molecule has 0 saturated carbocycles. The van der Waals surface area contributed by atoms with E-state index in [9.17, 15) is 17.6 Å². The van der Waals surface area contributed by atoms with E-state index < -0.39 is 9.84 Å². The highest BCUT2D eigenvalue weighted by molar-refractivity contribution is 7.92. The van der Waals surface area contributed by atoms with Gasteiger partial charge in [0.05, 0.1) is 5.25 Å². The number of nitrogens with one attached hydrogen (secondary N) is 1. The van der Waals surface area contributed by atoms with Crippen molar-refractivity contribution >= 4 is 21.6 Å². The smallest absolute Gasteiger partial charge is 0.321 e. The number of hydrogen-bond donors (Lipinski definition) is 1. The van der Waals surface area contributed by atoms with Crippen LogP contribution in [0.1, 0.15) is 32.3 Å². The van der Waals surface area contributed by atoms with E-state index in [0.29, 0.717) is 43.6 Å². The molecule has 0 bridgehead atoms. The molecule has 128 valence electrons. The zero-order valence-corrected chi connectivity index (χ0v) is 14.3. The van der Waals surface area contributed by atoms with Crippen LogP contribution in [0.25, 0.3) is 0 Å². The molecule has 1 aromatic rings. The third-order valence-corrected chi connectivity index (χ3v) is 6.62. The maximum atomic E-state index is 13.7. The van der Waals surface area contributed by atoms with E-state index in [0.717, 1.165) is 0 Å². The number of aryl methyl sites for hydroxylation is 1. The molecule has 0 atom stereocenters. The summed E-state index contributed by atoms with van der Waals surface area (Å²) in [5, 5.41) is 2.31. The van der Waals surface area contributed by atoms with Gasteiger partial charge in [-0.2, -0.15) is 0 Å². The van der Waals surface area contributed by atoms with Gasteiger partial charge in [-0.05, 0) is 37.0 Å². The van der Waals surface area contributed by atoms with Gasteiger partial charge in [-0.3, -0.25) is 0 Å². The number of amides is 2. The van der Waals surface area contributed by atoms with Gasteiger partial charge in [-0.25, -0.2) is 17.6 Å². The number of urea groups is 1. The fraction of sp³-hybridized carbons (Fsp3) is 0.562. The minimum absolute atomic E-state index is 0.132. The van der Waals surface area contributed by atoms with Crippen molar-refractivity contribution in [3.63, 3.8) is 0 Å². The van der Waals surface area contributed by atoms with Crippen molar-refractivity contribution in [2.45, 2.75) is 38.4 Å². The van der Waals surface area contributed by atoms with Gasteiger partial charge in [0.15, 0.2) is 9.84 Å². The van der Waals surface area contributed by atoms with E-state index in [1.165, 1.54) is 6.07 Å². The third-order valence-electron chi connectivity index (χ3n) is 4.32. The van der Waals surface area contributed by atoms with Crippen molar-refractivity contribution in [3.8, 4) is 0 Å². The summed E-state index contributed by atoms with van der Waals surface area (Å²) < 4.78 is 37.5. The molecule has 1 fully saturated rings. The van der Waals surface area contributed by atoms with Crippen LogP contribution in [0, 0.1) is 5.82 Å². The summed E-state index contributed by atoms with van der Waals surface area (Å²) in [6, 6.07) is 4.32. The normalized spacial score (nSPS) is 16.4. The van der Waals surface area contributed by atoms with E-state index in [2.05, 4.69) is 5.32 Å². The Balaban J connectivity index is 1.94. The Kier molecular flexibility index (Phi) is 5.62. The molecular formula is C16H23FN2O3S. The van der Waals surface area contributed by atoms with Gasteiger partial charge < -0.3 is 10.2 Å². The van der Waals surface area contributed by atoms with Crippen LogP contribution in [0.3, 0.4) is 0 Å². The summed E-state index contributed by atoms with van der Waals surface area (Å²) in [6.45, 7) is 4.30. The Morgan fingerprint density at radius 1 is 1.30 bits per heavy atom. The zero-order chi connectivity index (χ0) is 17.0. The lowest BCUT2D eigenvalue weighted by Gasteiger charge is -2.31. The largest absolute Gasteiger partial charge is 0.324 e. The SMILES string of the molecule is CCc1ccc(NC(=O)N2CCC(S(=O)(=O)CC)CC2)cc1F. The fourth-order valence-corrected chi connectivity index (χ4v) is 4.17. The lowest BCUT2D eigenvalue weighted by molar-refractivity contribution is 0.200. The third kappa shape index (κ3) is 4.22. The number of sulfone groups is 1. The van der Waals surface area contributed by atoms with Crippen LogP contribution in [-0.4, -0.2) is 43.4 Å². The molecule has 0 radical (unpaired) electrons. The quantitative estimate of drug-likeness (QED) is 0.915. The highest BCUT2D eigenvalue weighted by atomic mass is 32.2. The molecule has 1 aliphatic heterocycles. The van der Waals surface area contributed by atoms with E-state index in [1.807, 2.05) is 6.92 Å². The highest BCUT2D eigenvalue weighted by Crippen LogP contribution is 2.20. The molecule has 1 aliphatic rings. The zero-order valence-electron chi connectivity index (χ0n) is 13.5. The number of hydrogen-bond acceptors (Lipinski definition) is 3. The maximum absolute atomic E-state index is 13.7. The Bertz CT molecular complexity index is 668. The summed E-state index contributed by atoms with van der Waals surface area (Å²) in [5.74, 6) is -0.203. The van der Waals surface area contributed by atoms with Gasteiger partial charge in [-0.1, -0.05) is 19.9 Å². The number of anilines is 1. The molecule has 7 heteroatoms. The van der Waals surface area contributed by atoms with E-state index in [-0.39, 0.29) is 22.9 Å². The number of rotatable bonds is 4. The maximum Gasteiger partial charge on any atom is 0.321 e. The van der Waals surface area contributed by atoms with Gasteiger partial charge in [0.2, 0.25) is 0 Å². The Morgan fingerprint density at radius 2 is 1.96 bits per heavy atom. The monoisotopic (exact) mass is 342 g/mol. The Hall–Kier alpha value is -1.63. The molecule has 2 rings (SSSR count). The first-order valence-corrected chi connectivity index (χ1v) is 9.64. The van der Waals surface area contributed by atoms with Crippen LogP contribution in [0.15, 0.2) is 18.2 Å². The first kappa shape index (κ1) is 17.7. The Labute approximate surface area is 136 Å². The van der Waals surface area contributed by atoms with Gasteiger partial charge in [-0.15, -0.1) is 0 Å². The molecule has 5 nitrogen and oxygen atoms in total. The molecule has 2 amide bonds. The van der Waals surface area contributed by atoms with Gasteiger partial charge in [0, 0.05) is 24.5 Å². The standard InChI is InChI=1S/C16H23FN2O3S/c1-3-12-5-6-13(11-15(12)17)18-16(20)19-9-7-14(8-10-19)23(21,22)4-2/h5-6,11,14H,3-4,7-10H2,1-2H3,(H,18,20). The predicted octanol–water partition coefficient (Wildman–Crippen LogP) is 2.82. The minimum atomic E-state index is -3.05. The van der Waals surface area contributed by atoms with E-state index >= 15 is 0 Å². The molecule has 0 unspecified atom stereocenters. The first-order valence-electron chi connectivity index (χ1n) is 7.93.